The molecule has 108 valence electrons. The largest absolute Gasteiger partial charge is 0.377 e. The van der Waals surface area contributed by atoms with Gasteiger partial charge in [0, 0.05) is 12.6 Å². The van der Waals surface area contributed by atoms with Crippen molar-refractivity contribution in [2.45, 2.75) is 32.4 Å². The fourth-order valence-electron chi connectivity index (χ4n) is 2.86. The van der Waals surface area contributed by atoms with Crippen LogP contribution < -0.4 is 9.80 Å². The standard InChI is InChI=1S/C13H17ClN4O2/c1-8(2)18-9-6-15-12(14)16-10(9)17-4-5-20-7-13(17,3)11(18)19/h6,8H,4-5,7H2,1-3H3. The number of amides is 1. The lowest BCUT2D eigenvalue weighted by molar-refractivity contribution is -0.127. The fourth-order valence-corrected chi connectivity index (χ4v) is 2.99. The summed E-state index contributed by atoms with van der Waals surface area (Å²) in [7, 11) is 0. The Kier molecular flexibility index (Phi) is 3.10. The van der Waals surface area contributed by atoms with Gasteiger partial charge in [-0.2, -0.15) is 4.98 Å². The van der Waals surface area contributed by atoms with Crippen molar-refractivity contribution in [1.82, 2.24) is 9.97 Å². The van der Waals surface area contributed by atoms with Crippen LogP contribution in [0.5, 0.6) is 0 Å². The highest BCUT2D eigenvalue weighted by Gasteiger charge is 2.51. The van der Waals surface area contributed by atoms with Gasteiger partial charge < -0.3 is 14.5 Å². The molecule has 7 heteroatoms. The van der Waals surface area contributed by atoms with Gasteiger partial charge in [-0.15, -0.1) is 0 Å². The third-order valence-electron chi connectivity index (χ3n) is 3.87. The van der Waals surface area contributed by atoms with E-state index in [-0.39, 0.29) is 17.2 Å². The average molecular weight is 297 g/mol. The highest BCUT2D eigenvalue weighted by Crippen LogP contribution is 2.41. The molecule has 20 heavy (non-hydrogen) atoms. The zero-order valence-electron chi connectivity index (χ0n) is 11.8. The molecule has 0 spiro atoms. The molecule has 6 nitrogen and oxygen atoms in total. The monoisotopic (exact) mass is 296 g/mol. The summed E-state index contributed by atoms with van der Waals surface area (Å²) < 4.78 is 5.52. The first kappa shape index (κ1) is 13.6. The lowest BCUT2D eigenvalue weighted by atomic mass is 9.93. The molecule has 1 amide bonds. The number of anilines is 2. The second-order valence-corrected chi connectivity index (χ2v) is 5.93. The SMILES string of the molecule is CC(C)N1C(=O)C2(C)COCCN2c2nc(Cl)ncc21. The van der Waals surface area contributed by atoms with Gasteiger partial charge in [0.15, 0.2) is 5.82 Å². The molecule has 0 N–H and O–H groups in total. The topological polar surface area (TPSA) is 58.6 Å². The molecule has 0 aliphatic carbocycles. The Balaban J connectivity index is 2.21. The quantitative estimate of drug-likeness (QED) is 0.735. The van der Waals surface area contributed by atoms with Crippen LogP contribution in [0.3, 0.4) is 0 Å². The number of carbonyl (C=O) groups excluding carboxylic acids is 1. The van der Waals surface area contributed by atoms with Crippen molar-refractivity contribution in [1.29, 1.82) is 0 Å². The zero-order chi connectivity index (χ0) is 14.5. The van der Waals surface area contributed by atoms with E-state index in [9.17, 15) is 4.79 Å². The van der Waals surface area contributed by atoms with Crippen LogP contribution in [0.1, 0.15) is 20.8 Å². The summed E-state index contributed by atoms with van der Waals surface area (Å²) in [6.07, 6.45) is 1.62. The summed E-state index contributed by atoms with van der Waals surface area (Å²) in [6, 6.07) is 0.0203. The summed E-state index contributed by atoms with van der Waals surface area (Å²) in [4.78, 5) is 25.0. The smallest absolute Gasteiger partial charge is 0.255 e. The van der Waals surface area contributed by atoms with Crippen molar-refractivity contribution >= 4 is 29.0 Å². The third-order valence-corrected chi connectivity index (χ3v) is 4.05. The Bertz CT molecular complexity index is 565. The van der Waals surface area contributed by atoms with Crippen molar-refractivity contribution in [3.63, 3.8) is 0 Å². The van der Waals surface area contributed by atoms with E-state index >= 15 is 0 Å². The maximum absolute atomic E-state index is 12.9. The van der Waals surface area contributed by atoms with Crippen molar-refractivity contribution in [2.75, 3.05) is 29.6 Å². The molecule has 1 atom stereocenters. The van der Waals surface area contributed by atoms with Crippen LogP contribution in [0, 0.1) is 0 Å². The summed E-state index contributed by atoms with van der Waals surface area (Å²) in [5.74, 6) is 0.731. The predicted molar refractivity (Wildman–Crippen MR) is 76.2 cm³/mol. The van der Waals surface area contributed by atoms with E-state index in [0.717, 1.165) is 0 Å². The number of hydrogen-bond acceptors (Lipinski definition) is 5. The molecule has 2 aliphatic heterocycles. The minimum Gasteiger partial charge on any atom is -0.377 e. The highest BCUT2D eigenvalue weighted by atomic mass is 35.5. The summed E-state index contributed by atoms with van der Waals surface area (Å²) in [5.41, 5.74) is -0.0125. The van der Waals surface area contributed by atoms with Crippen molar-refractivity contribution in [2.24, 2.45) is 0 Å². The molecule has 1 saturated heterocycles. The van der Waals surface area contributed by atoms with Crippen molar-refractivity contribution < 1.29 is 9.53 Å². The van der Waals surface area contributed by atoms with E-state index in [0.29, 0.717) is 31.3 Å². The van der Waals surface area contributed by atoms with Crippen LogP contribution in [0.15, 0.2) is 6.20 Å². The predicted octanol–water partition coefficient (Wildman–Crippen LogP) is 1.48. The molecule has 3 rings (SSSR count). The summed E-state index contributed by atoms with van der Waals surface area (Å²) in [5, 5.41) is 0.190. The molecule has 1 aromatic rings. The Morgan fingerprint density at radius 3 is 2.95 bits per heavy atom. The van der Waals surface area contributed by atoms with E-state index in [2.05, 4.69) is 9.97 Å². The van der Waals surface area contributed by atoms with E-state index in [1.165, 1.54) is 0 Å². The van der Waals surface area contributed by atoms with Crippen LogP contribution in [0.2, 0.25) is 5.28 Å². The number of halogens is 1. The Morgan fingerprint density at radius 1 is 1.50 bits per heavy atom. The van der Waals surface area contributed by atoms with E-state index in [1.54, 1.807) is 11.1 Å². The highest BCUT2D eigenvalue weighted by molar-refractivity contribution is 6.28. The molecule has 0 radical (unpaired) electrons. The van der Waals surface area contributed by atoms with Gasteiger partial charge in [-0.05, 0) is 32.4 Å². The Labute approximate surface area is 122 Å². The molecule has 1 fully saturated rings. The zero-order valence-corrected chi connectivity index (χ0v) is 12.5. The molecule has 3 heterocycles. The molecule has 1 aromatic heterocycles. The van der Waals surface area contributed by atoms with Gasteiger partial charge in [0.1, 0.15) is 11.2 Å². The lowest BCUT2D eigenvalue weighted by Gasteiger charge is -2.51. The first-order valence-electron chi connectivity index (χ1n) is 6.67. The number of aromatic nitrogens is 2. The number of hydrogen-bond donors (Lipinski definition) is 0. The number of rotatable bonds is 1. The molecule has 1 unspecified atom stereocenters. The second-order valence-electron chi connectivity index (χ2n) is 5.59. The molecular formula is C13H17ClN4O2. The van der Waals surface area contributed by atoms with Gasteiger partial charge in [0.2, 0.25) is 5.28 Å². The second kappa shape index (κ2) is 4.56. The van der Waals surface area contributed by atoms with Crippen LogP contribution >= 0.6 is 11.6 Å². The Hall–Kier alpha value is -1.40. The number of morpholine rings is 1. The first-order chi connectivity index (χ1) is 9.45. The van der Waals surface area contributed by atoms with Crippen LogP contribution in [0.4, 0.5) is 11.5 Å². The molecule has 0 aromatic carbocycles. The normalized spacial score (nSPS) is 25.8. The van der Waals surface area contributed by atoms with E-state index in [4.69, 9.17) is 16.3 Å². The van der Waals surface area contributed by atoms with Gasteiger partial charge in [0.25, 0.3) is 5.91 Å². The maximum atomic E-state index is 12.9. The number of carbonyl (C=O) groups is 1. The fraction of sp³-hybridized carbons (Fsp3) is 0.615. The molecular weight excluding hydrogens is 280 g/mol. The van der Waals surface area contributed by atoms with Gasteiger partial charge in [-0.3, -0.25) is 4.79 Å². The minimum absolute atomic E-state index is 0.0191. The van der Waals surface area contributed by atoms with Crippen molar-refractivity contribution in [3.8, 4) is 0 Å². The van der Waals surface area contributed by atoms with Crippen LogP contribution in [-0.2, 0) is 9.53 Å². The average Bonchev–Trinajstić information content (AvgIpc) is 2.40. The number of ether oxygens (including phenoxy) is 1. The van der Waals surface area contributed by atoms with Gasteiger partial charge >= 0.3 is 0 Å². The van der Waals surface area contributed by atoms with Crippen molar-refractivity contribution in [3.05, 3.63) is 11.5 Å². The third kappa shape index (κ3) is 1.78. The van der Waals surface area contributed by atoms with Gasteiger partial charge in [-0.1, -0.05) is 0 Å². The Morgan fingerprint density at radius 2 is 2.25 bits per heavy atom. The molecule has 0 saturated carbocycles. The van der Waals surface area contributed by atoms with Gasteiger partial charge in [-0.25, -0.2) is 4.98 Å². The van der Waals surface area contributed by atoms with E-state index < -0.39 is 5.54 Å². The minimum atomic E-state index is -0.729. The summed E-state index contributed by atoms with van der Waals surface area (Å²) in [6.45, 7) is 7.39. The maximum Gasteiger partial charge on any atom is 0.255 e. The molecule has 0 bridgehead atoms. The van der Waals surface area contributed by atoms with Gasteiger partial charge in [0.05, 0.1) is 19.4 Å². The van der Waals surface area contributed by atoms with Crippen LogP contribution in [0.25, 0.3) is 0 Å². The summed E-state index contributed by atoms with van der Waals surface area (Å²) >= 11 is 5.93. The number of nitrogens with zero attached hydrogens (tertiary/aromatic N) is 4. The van der Waals surface area contributed by atoms with E-state index in [1.807, 2.05) is 25.7 Å². The number of fused-ring (bicyclic) bond motifs is 3. The van der Waals surface area contributed by atoms with Crippen LogP contribution in [-0.4, -0.2) is 47.2 Å². The molecule has 2 aliphatic rings. The lowest BCUT2D eigenvalue weighted by Crippen LogP contribution is -2.68. The first-order valence-corrected chi connectivity index (χ1v) is 7.04.